The molecule has 2 heteroatoms. The summed E-state index contributed by atoms with van der Waals surface area (Å²) in [5, 5.41) is 1.29. The number of hydrogen-bond donors (Lipinski definition) is 0. The summed E-state index contributed by atoms with van der Waals surface area (Å²) in [6.45, 7) is 7.93. The molecule has 0 radical (unpaired) electrons. The summed E-state index contributed by atoms with van der Waals surface area (Å²) in [4.78, 5) is 0. The molecule has 0 aliphatic carbocycles. The Kier molecular flexibility index (Phi) is 4.14. The Labute approximate surface area is 141 Å². The van der Waals surface area contributed by atoms with Gasteiger partial charge >= 0.3 is 0 Å². The lowest BCUT2D eigenvalue weighted by Crippen LogP contribution is -2.11. The van der Waals surface area contributed by atoms with Crippen molar-refractivity contribution in [2.24, 2.45) is 5.41 Å². The molecule has 0 saturated heterocycles. The Balaban J connectivity index is 2.19. The van der Waals surface area contributed by atoms with Crippen LogP contribution in [-0.4, -0.2) is 4.57 Å². The van der Waals surface area contributed by atoms with Crippen LogP contribution in [-0.2, 0) is 6.54 Å². The van der Waals surface area contributed by atoms with Crippen LogP contribution in [0.5, 0.6) is 0 Å². The Bertz CT molecular complexity index is 779. The molecule has 0 unspecified atom stereocenters. The fraction of sp³-hybridized carbons (Fsp3) is 0.300. The van der Waals surface area contributed by atoms with Crippen molar-refractivity contribution < 1.29 is 0 Å². The Morgan fingerprint density at radius 2 is 1.55 bits per heavy atom. The van der Waals surface area contributed by atoms with Crippen LogP contribution in [0, 0.1) is 5.41 Å². The molecular weight excluding hydrogens is 334 g/mol. The highest BCUT2D eigenvalue weighted by atomic mass is 79.9. The maximum absolute atomic E-state index is 3.84. The van der Waals surface area contributed by atoms with E-state index in [2.05, 4.69) is 95.9 Å². The quantitative estimate of drug-likeness (QED) is 0.504. The standard InChI is InChI=1S/C20H22BrN/c1-20(2,3)13-14-22-17-12-8-7-11-16(17)18(21)19(22)15-9-5-4-6-10-15/h4-12H,13-14H2,1-3H3. The zero-order valence-corrected chi connectivity index (χ0v) is 15.0. The van der Waals surface area contributed by atoms with Crippen molar-refractivity contribution >= 4 is 26.8 Å². The molecule has 2 aromatic carbocycles. The van der Waals surface area contributed by atoms with E-state index < -0.39 is 0 Å². The number of aromatic nitrogens is 1. The molecule has 114 valence electrons. The van der Waals surface area contributed by atoms with Crippen LogP contribution in [0.25, 0.3) is 22.2 Å². The van der Waals surface area contributed by atoms with Crippen LogP contribution >= 0.6 is 15.9 Å². The minimum absolute atomic E-state index is 0.325. The fourth-order valence-electron chi connectivity index (χ4n) is 2.82. The summed E-state index contributed by atoms with van der Waals surface area (Å²) in [5.41, 5.74) is 4.18. The van der Waals surface area contributed by atoms with Crippen molar-refractivity contribution in [1.29, 1.82) is 0 Å². The Morgan fingerprint density at radius 3 is 2.23 bits per heavy atom. The van der Waals surface area contributed by atoms with E-state index in [4.69, 9.17) is 0 Å². The second-order valence-electron chi connectivity index (χ2n) is 7.01. The number of fused-ring (bicyclic) bond motifs is 1. The van der Waals surface area contributed by atoms with Gasteiger partial charge in [0, 0.05) is 17.4 Å². The van der Waals surface area contributed by atoms with E-state index in [1.807, 2.05) is 0 Å². The molecule has 0 spiro atoms. The van der Waals surface area contributed by atoms with Crippen LogP contribution in [0.3, 0.4) is 0 Å². The molecule has 0 aliphatic rings. The molecular formula is C20H22BrN. The Hall–Kier alpha value is -1.54. The summed E-state index contributed by atoms with van der Waals surface area (Å²) >= 11 is 3.84. The molecule has 0 aliphatic heterocycles. The van der Waals surface area contributed by atoms with Gasteiger partial charge in [0.15, 0.2) is 0 Å². The molecule has 3 rings (SSSR count). The van der Waals surface area contributed by atoms with E-state index >= 15 is 0 Å². The minimum Gasteiger partial charge on any atom is -0.340 e. The van der Waals surface area contributed by atoms with Crippen LogP contribution in [0.4, 0.5) is 0 Å². The predicted octanol–water partition coefficient (Wildman–Crippen LogP) is 6.51. The molecule has 0 N–H and O–H groups in total. The summed E-state index contributed by atoms with van der Waals surface area (Å²) < 4.78 is 3.66. The lowest BCUT2D eigenvalue weighted by Gasteiger charge is -2.20. The van der Waals surface area contributed by atoms with Gasteiger partial charge in [0.25, 0.3) is 0 Å². The number of benzene rings is 2. The van der Waals surface area contributed by atoms with Crippen LogP contribution in [0.1, 0.15) is 27.2 Å². The average Bonchev–Trinajstić information content (AvgIpc) is 2.78. The van der Waals surface area contributed by atoms with E-state index in [1.165, 1.54) is 26.6 Å². The number of halogens is 1. The van der Waals surface area contributed by atoms with Gasteiger partial charge < -0.3 is 4.57 Å². The van der Waals surface area contributed by atoms with Crippen molar-refractivity contribution in [3.63, 3.8) is 0 Å². The van der Waals surface area contributed by atoms with Crippen LogP contribution in [0.2, 0.25) is 0 Å². The average molecular weight is 356 g/mol. The van der Waals surface area contributed by atoms with E-state index in [0.717, 1.165) is 13.0 Å². The van der Waals surface area contributed by atoms with Gasteiger partial charge in [-0.15, -0.1) is 0 Å². The van der Waals surface area contributed by atoms with E-state index in [0.29, 0.717) is 5.41 Å². The molecule has 0 saturated carbocycles. The van der Waals surface area contributed by atoms with Gasteiger partial charge in [0.2, 0.25) is 0 Å². The first kappa shape index (κ1) is 15.4. The van der Waals surface area contributed by atoms with Gasteiger partial charge in [-0.1, -0.05) is 69.3 Å². The van der Waals surface area contributed by atoms with E-state index in [1.54, 1.807) is 0 Å². The van der Waals surface area contributed by atoms with E-state index in [9.17, 15) is 0 Å². The normalized spacial score (nSPS) is 12.0. The Morgan fingerprint density at radius 1 is 0.909 bits per heavy atom. The van der Waals surface area contributed by atoms with Gasteiger partial charge in [0.1, 0.15) is 0 Å². The summed E-state index contributed by atoms with van der Waals surface area (Å²) in [6.07, 6.45) is 1.15. The second-order valence-corrected chi connectivity index (χ2v) is 7.80. The van der Waals surface area contributed by atoms with Gasteiger partial charge in [-0.05, 0) is 39.4 Å². The van der Waals surface area contributed by atoms with Gasteiger partial charge in [-0.25, -0.2) is 0 Å². The van der Waals surface area contributed by atoms with E-state index in [-0.39, 0.29) is 0 Å². The first-order chi connectivity index (χ1) is 10.5. The fourth-order valence-corrected chi connectivity index (χ4v) is 3.60. The predicted molar refractivity (Wildman–Crippen MR) is 99.1 cm³/mol. The number of hydrogen-bond acceptors (Lipinski definition) is 0. The molecule has 0 amide bonds. The lowest BCUT2D eigenvalue weighted by molar-refractivity contribution is 0.354. The first-order valence-electron chi connectivity index (χ1n) is 7.79. The summed E-state index contributed by atoms with van der Waals surface area (Å²) in [5.74, 6) is 0. The number of nitrogens with zero attached hydrogens (tertiary/aromatic N) is 1. The van der Waals surface area contributed by atoms with Gasteiger partial charge in [-0.2, -0.15) is 0 Å². The monoisotopic (exact) mass is 355 g/mol. The zero-order valence-electron chi connectivity index (χ0n) is 13.4. The highest BCUT2D eigenvalue weighted by molar-refractivity contribution is 9.10. The highest BCUT2D eigenvalue weighted by Gasteiger charge is 2.18. The maximum atomic E-state index is 3.84. The molecule has 1 nitrogen and oxygen atoms in total. The van der Waals surface area contributed by atoms with Crippen molar-refractivity contribution in [3.05, 3.63) is 59.1 Å². The molecule has 1 heterocycles. The van der Waals surface area contributed by atoms with Gasteiger partial charge in [-0.3, -0.25) is 0 Å². The SMILES string of the molecule is CC(C)(C)CCn1c(-c2ccccc2)c(Br)c2ccccc21. The van der Waals surface area contributed by atoms with Crippen molar-refractivity contribution in [2.75, 3.05) is 0 Å². The smallest absolute Gasteiger partial charge is 0.0635 e. The topological polar surface area (TPSA) is 4.93 Å². The second kappa shape index (κ2) is 5.92. The third-order valence-electron chi connectivity index (χ3n) is 4.04. The van der Waals surface area contributed by atoms with Crippen molar-refractivity contribution in [1.82, 2.24) is 4.57 Å². The van der Waals surface area contributed by atoms with Crippen molar-refractivity contribution in [2.45, 2.75) is 33.7 Å². The third kappa shape index (κ3) is 2.98. The summed E-state index contributed by atoms with van der Waals surface area (Å²) in [6, 6.07) is 19.3. The molecule has 22 heavy (non-hydrogen) atoms. The maximum Gasteiger partial charge on any atom is 0.0635 e. The van der Waals surface area contributed by atoms with Gasteiger partial charge in [0.05, 0.1) is 10.2 Å². The lowest BCUT2D eigenvalue weighted by atomic mass is 9.92. The largest absolute Gasteiger partial charge is 0.340 e. The van der Waals surface area contributed by atoms with Crippen molar-refractivity contribution in [3.8, 4) is 11.3 Å². The number of aryl methyl sites for hydroxylation is 1. The highest BCUT2D eigenvalue weighted by Crippen LogP contribution is 2.38. The summed E-state index contributed by atoms with van der Waals surface area (Å²) in [7, 11) is 0. The van der Waals surface area contributed by atoms with Crippen LogP contribution in [0.15, 0.2) is 59.1 Å². The molecule has 0 atom stereocenters. The number of rotatable bonds is 3. The zero-order chi connectivity index (χ0) is 15.7. The molecule has 0 fully saturated rings. The third-order valence-corrected chi connectivity index (χ3v) is 4.84. The minimum atomic E-state index is 0.325. The van der Waals surface area contributed by atoms with Crippen LogP contribution < -0.4 is 0 Å². The molecule has 0 bridgehead atoms. The molecule has 3 aromatic rings. The molecule has 1 aromatic heterocycles. The first-order valence-corrected chi connectivity index (χ1v) is 8.59. The number of para-hydroxylation sites is 1.